The number of carbonyl (C=O) groups excluding carboxylic acids is 4. The van der Waals surface area contributed by atoms with E-state index in [-0.39, 0.29) is 18.3 Å². The van der Waals surface area contributed by atoms with Crippen LogP contribution in [0.1, 0.15) is 56.9 Å². The first-order chi connectivity index (χ1) is 19.1. The molecule has 0 unspecified atom stereocenters. The number of hydrogen-bond donors (Lipinski definition) is 8. The van der Waals surface area contributed by atoms with Gasteiger partial charge in [0.2, 0.25) is 23.6 Å². The van der Waals surface area contributed by atoms with Crippen LogP contribution in [-0.4, -0.2) is 72.0 Å². The van der Waals surface area contributed by atoms with Gasteiger partial charge in [0.05, 0.1) is 12.6 Å². The van der Waals surface area contributed by atoms with Crippen LogP contribution in [0.5, 0.6) is 0 Å². The number of guanidine groups is 1. The van der Waals surface area contributed by atoms with Crippen molar-refractivity contribution in [2.45, 2.75) is 82.0 Å². The molecule has 0 aromatic heterocycles. The zero-order chi connectivity index (χ0) is 29.5. The van der Waals surface area contributed by atoms with Crippen molar-refractivity contribution in [3.8, 4) is 0 Å². The average Bonchev–Trinajstić information content (AvgIpc) is 2.93. The summed E-state index contributed by atoms with van der Waals surface area (Å²) >= 11 is 0. The Morgan fingerprint density at radius 1 is 0.875 bits per heavy atom. The summed E-state index contributed by atoms with van der Waals surface area (Å²) in [6.45, 7) is -0.361. The Labute approximate surface area is 234 Å². The molecule has 1 saturated carbocycles. The summed E-state index contributed by atoms with van der Waals surface area (Å²) < 4.78 is 0. The van der Waals surface area contributed by atoms with Crippen LogP contribution in [0.3, 0.4) is 0 Å². The fourth-order valence-corrected chi connectivity index (χ4v) is 4.73. The molecule has 0 spiro atoms. The van der Waals surface area contributed by atoms with Crippen LogP contribution in [0.4, 0.5) is 0 Å². The van der Waals surface area contributed by atoms with Gasteiger partial charge in [-0.1, -0.05) is 62.4 Å². The second-order valence-electron chi connectivity index (χ2n) is 10.3. The molecule has 0 saturated heterocycles. The quantitative estimate of drug-likeness (QED) is 0.0671. The molecule has 1 aliphatic rings. The lowest BCUT2D eigenvalue weighted by Crippen LogP contribution is -2.58. The molecule has 0 bridgehead atoms. The number of carbonyl (C=O) groups is 4. The van der Waals surface area contributed by atoms with E-state index in [0.29, 0.717) is 25.8 Å². The molecule has 0 heterocycles. The van der Waals surface area contributed by atoms with Gasteiger partial charge in [0.15, 0.2) is 5.96 Å². The Kier molecular flexibility index (Phi) is 13.9. The number of benzene rings is 1. The van der Waals surface area contributed by atoms with Crippen LogP contribution in [0.15, 0.2) is 35.3 Å². The third-order valence-corrected chi connectivity index (χ3v) is 6.99. The Morgan fingerprint density at radius 3 is 2.08 bits per heavy atom. The highest BCUT2D eigenvalue weighted by molar-refractivity contribution is 5.94. The molecule has 1 aromatic carbocycles. The number of aliphatic imine (C=N–C) groups is 1. The average molecular weight is 561 g/mol. The Bertz CT molecular complexity index is 996. The van der Waals surface area contributed by atoms with Crippen molar-refractivity contribution in [1.82, 2.24) is 16.0 Å². The largest absolute Gasteiger partial charge is 0.394 e. The third-order valence-electron chi connectivity index (χ3n) is 6.99. The summed E-state index contributed by atoms with van der Waals surface area (Å²) in [7, 11) is 0. The maximum absolute atomic E-state index is 13.6. The Hall–Kier alpha value is -3.71. The zero-order valence-electron chi connectivity index (χ0n) is 22.9. The van der Waals surface area contributed by atoms with E-state index in [1.54, 1.807) is 24.3 Å². The highest BCUT2D eigenvalue weighted by Crippen LogP contribution is 2.27. The Balaban J connectivity index is 2.18. The van der Waals surface area contributed by atoms with Crippen LogP contribution in [-0.2, 0) is 25.6 Å². The number of nitrogens with one attached hydrogen (secondary N) is 3. The molecule has 12 N–H and O–H groups in total. The van der Waals surface area contributed by atoms with Gasteiger partial charge in [-0.15, -0.1) is 0 Å². The third kappa shape index (κ3) is 11.6. The minimum absolute atomic E-state index is 0.0440. The molecule has 40 heavy (non-hydrogen) atoms. The topological polar surface area (TPSA) is 241 Å². The number of primary amides is 1. The van der Waals surface area contributed by atoms with Gasteiger partial charge in [-0.05, 0) is 30.7 Å². The number of aliphatic hydroxyl groups is 1. The lowest BCUT2D eigenvalue weighted by molar-refractivity contribution is -0.134. The second-order valence-corrected chi connectivity index (χ2v) is 10.3. The fourth-order valence-electron chi connectivity index (χ4n) is 4.73. The van der Waals surface area contributed by atoms with Crippen molar-refractivity contribution in [3.05, 3.63) is 35.9 Å². The molecule has 0 radical (unpaired) electrons. The highest BCUT2D eigenvalue weighted by atomic mass is 16.3. The predicted molar refractivity (Wildman–Crippen MR) is 151 cm³/mol. The Morgan fingerprint density at radius 2 is 1.48 bits per heavy atom. The van der Waals surface area contributed by atoms with Crippen molar-refractivity contribution in [1.29, 1.82) is 0 Å². The van der Waals surface area contributed by atoms with E-state index >= 15 is 0 Å². The first kappa shape index (κ1) is 32.5. The summed E-state index contributed by atoms with van der Waals surface area (Å²) in [5.41, 5.74) is 22.8. The van der Waals surface area contributed by atoms with Crippen LogP contribution >= 0.6 is 0 Å². The highest BCUT2D eigenvalue weighted by Gasteiger charge is 2.31. The predicted octanol–water partition coefficient (Wildman–Crippen LogP) is -1.49. The summed E-state index contributed by atoms with van der Waals surface area (Å²) in [4.78, 5) is 55.1. The normalized spacial score (nSPS) is 16.6. The van der Waals surface area contributed by atoms with Crippen molar-refractivity contribution >= 4 is 29.6 Å². The zero-order valence-corrected chi connectivity index (χ0v) is 22.9. The molecule has 1 aromatic rings. The minimum atomic E-state index is -1.31. The van der Waals surface area contributed by atoms with E-state index in [0.717, 1.165) is 37.7 Å². The summed E-state index contributed by atoms with van der Waals surface area (Å²) in [5.74, 6) is -2.43. The van der Waals surface area contributed by atoms with E-state index < -0.39 is 54.4 Å². The maximum atomic E-state index is 13.6. The molecule has 13 heteroatoms. The van der Waals surface area contributed by atoms with E-state index in [2.05, 4.69) is 20.9 Å². The molecule has 4 amide bonds. The minimum Gasteiger partial charge on any atom is -0.394 e. The van der Waals surface area contributed by atoms with Gasteiger partial charge in [0.1, 0.15) is 18.1 Å². The van der Waals surface area contributed by atoms with Crippen molar-refractivity contribution in [3.63, 3.8) is 0 Å². The molecule has 222 valence electrons. The summed E-state index contributed by atoms with van der Waals surface area (Å²) in [5, 5.41) is 17.4. The number of nitrogens with zero attached hydrogens (tertiary/aromatic N) is 1. The van der Waals surface area contributed by atoms with Gasteiger partial charge in [-0.3, -0.25) is 24.2 Å². The number of nitrogens with two attached hydrogens (primary N) is 4. The summed E-state index contributed by atoms with van der Waals surface area (Å²) in [6.07, 6.45) is 6.42. The van der Waals surface area contributed by atoms with E-state index in [1.807, 2.05) is 6.07 Å². The van der Waals surface area contributed by atoms with Gasteiger partial charge in [0.25, 0.3) is 0 Å². The van der Waals surface area contributed by atoms with Crippen LogP contribution < -0.4 is 38.9 Å². The number of hydrogen-bond acceptors (Lipinski definition) is 7. The molecule has 0 aliphatic heterocycles. The monoisotopic (exact) mass is 560 g/mol. The first-order valence-electron chi connectivity index (χ1n) is 13.8. The number of rotatable bonds is 16. The maximum Gasteiger partial charge on any atom is 0.243 e. The van der Waals surface area contributed by atoms with E-state index in [9.17, 15) is 24.3 Å². The molecule has 13 nitrogen and oxygen atoms in total. The standard InChI is InChI=1S/C27H44N8O5/c28-19(12-7-13-32-27(30)31)24(38)33-20(14-17-8-3-1-4-9-17)25(39)34-21(15-18-10-5-2-6-11-18)26(40)35-22(16-36)23(29)37/h2,5-6,10-11,17,19-22,36H,1,3-4,7-9,12-16,28H2,(H2,29,37)(H,33,38)(H,34,39)(H,35,40)(H4,30,31,32)/t19-,20-,21-,22-/m0/s1. The van der Waals surface area contributed by atoms with Crippen LogP contribution in [0.2, 0.25) is 0 Å². The second kappa shape index (κ2) is 17.1. The van der Waals surface area contributed by atoms with Gasteiger partial charge >= 0.3 is 0 Å². The lowest BCUT2D eigenvalue weighted by atomic mass is 9.84. The smallest absolute Gasteiger partial charge is 0.243 e. The molecule has 2 rings (SSSR count). The van der Waals surface area contributed by atoms with Crippen LogP contribution in [0, 0.1) is 5.92 Å². The van der Waals surface area contributed by atoms with E-state index in [1.165, 1.54) is 0 Å². The lowest BCUT2D eigenvalue weighted by Gasteiger charge is -2.29. The fraction of sp³-hybridized carbons (Fsp3) is 0.593. The van der Waals surface area contributed by atoms with Gasteiger partial charge in [-0.25, -0.2) is 0 Å². The van der Waals surface area contributed by atoms with Gasteiger partial charge in [-0.2, -0.15) is 0 Å². The molecular formula is C27H44N8O5. The van der Waals surface area contributed by atoms with Crippen molar-refractivity contribution in [2.24, 2.45) is 33.8 Å². The molecule has 1 fully saturated rings. The van der Waals surface area contributed by atoms with Gasteiger partial charge < -0.3 is 44.0 Å². The molecular weight excluding hydrogens is 516 g/mol. The van der Waals surface area contributed by atoms with Crippen molar-refractivity contribution in [2.75, 3.05) is 13.2 Å². The first-order valence-corrected chi connectivity index (χ1v) is 13.8. The number of aliphatic hydroxyl groups excluding tert-OH is 1. The molecule has 1 aliphatic carbocycles. The van der Waals surface area contributed by atoms with Gasteiger partial charge in [0, 0.05) is 13.0 Å². The van der Waals surface area contributed by atoms with E-state index in [4.69, 9.17) is 22.9 Å². The van der Waals surface area contributed by atoms with Crippen LogP contribution in [0.25, 0.3) is 0 Å². The van der Waals surface area contributed by atoms with Crippen molar-refractivity contribution < 1.29 is 24.3 Å². The number of amides is 4. The molecule has 4 atom stereocenters. The SMILES string of the molecule is NC(=O)[C@H](CO)NC(=O)[C@H](Cc1ccccc1)NC(=O)[C@H](CC1CCCCC1)NC(=O)[C@@H](N)CCCN=C(N)N. The summed E-state index contributed by atoms with van der Waals surface area (Å²) in [6, 6.07) is 4.82.